The number of nitrogens with two attached hydrogens (primary N) is 1. The number of anilines is 2. The number of alkyl halides is 3. The molecule has 1 aromatic carbocycles. The van der Waals surface area contributed by atoms with Gasteiger partial charge in [-0.05, 0) is 31.7 Å². The number of nitrogens with zero attached hydrogens (tertiary/aromatic N) is 3. The van der Waals surface area contributed by atoms with E-state index in [0.29, 0.717) is 12.5 Å². The SMILES string of the molecule is CCCn1c(N)c(C(=O)CN(C)CC(=O)Nc2ccc(Cl)c(C(F)(F)F)c2)c(=O)n(C)c1=O. The number of Topliss-reactive ketones (excluding diaryl/α,β-unsaturated/α-hetero) is 1. The molecule has 33 heavy (non-hydrogen) atoms. The summed E-state index contributed by atoms with van der Waals surface area (Å²) in [6.07, 6.45) is -4.15. The molecule has 2 aromatic rings. The number of nitrogens with one attached hydrogen (secondary N) is 1. The number of amides is 1. The molecule has 1 heterocycles. The smallest absolute Gasteiger partial charge is 0.384 e. The van der Waals surface area contributed by atoms with Gasteiger partial charge in [-0.25, -0.2) is 4.79 Å². The van der Waals surface area contributed by atoms with Crippen LogP contribution >= 0.6 is 11.6 Å². The van der Waals surface area contributed by atoms with Crippen LogP contribution in [0.25, 0.3) is 0 Å². The topological polar surface area (TPSA) is 119 Å². The van der Waals surface area contributed by atoms with Crippen molar-refractivity contribution >= 4 is 34.8 Å². The molecular formula is C20H23ClF3N5O4. The van der Waals surface area contributed by atoms with E-state index in [2.05, 4.69) is 5.32 Å². The summed E-state index contributed by atoms with van der Waals surface area (Å²) >= 11 is 5.56. The first kappa shape index (κ1) is 26.1. The van der Waals surface area contributed by atoms with Crippen molar-refractivity contribution in [3.63, 3.8) is 0 Å². The third-order valence-corrected chi connectivity index (χ3v) is 5.02. The van der Waals surface area contributed by atoms with Crippen LogP contribution in [0.4, 0.5) is 24.7 Å². The van der Waals surface area contributed by atoms with Crippen LogP contribution in [-0.4, -0.2) is 45.9 Å². The van der Waals surface area contributed by atoms with E-state index in [0.717, 1.165) is 15.2 Å². The maximum absolute atomic E-state index is 13.0. The number of hydrogen-bond acceptors (Lipinski definition) is 6. The van der Waals surface area contributed by atoms with Crippen LogP contribution in [0.3, 0.4) is 0 Å². The molecule has 0 fully saturated rings. The van der Waals surface area contributed by atoms with Crippen molar-refractivity contribution in [1.82, 2.24) is 14.0 Å². The van der Waals surface area contributed by atoms with Gasteiger partial charge < -0.3 is 11.1 Å². The van der Waals surface area contributed by atoms with Gasteiger partial charge in [-0.3, -0.25) is 28.4 Å². The Morgan fingerprint density at radius 1 is 1.21 bits per heavy atom. The largest absolute Gasteiger partial charge is 0.417 e. The summed E-state index contributed by atoms with van der Waals surface area (Å²) in [5.41, 5.74) is 2.82. The van der Waals surface area contributed by atoms with Crippen LogP contribution in [0.1, 0.15) is 29.3 Å². The van der Waals surface area contributed by atoms with E-state index in [1.54, 1.807) is 6.92 Å². The number of benzene rings is 1. The van der Waals surface area contributed by atoms with E-state index in [-0.39, 0.29) is 30.2 Å². The fourth-order valence-electron chi connectivity index (χ4n) is 3.13. The number of ketones is 1. The van der Waals surface area contributed by atoms with E-state index in [1.807, 2.05) is 0 Å². The van der Waals surface area contributed by atoms with Gasteiger partial charge in [-0.1, -0.05) is 18.5 Å². The van der Waals surface area contributed by atoms with Crippen LogP contribution in [0.15, 0.2) is 27.8 Å². The highest BCUT2D eigenvalue weighted by Crippen LogP contribution is 2.36. The number of likely N-dealkylation sites (N-methyl/N-ethyl adjacent to an activating group) is 1. The van der Waals surface area contributed by atoms with Crippen molar-refractivity contribution < 1.29 is 22.8 Å². The van der Waals surface area contributed by atoms with Gasteiger partial charge in [0.05, 0.1) is 23.7 Å². The van der Waals surface area contributed by atoms with Crippen LogP contribution < -0.4 is 22.3 Å². The molecule has 0 atom stereocenters. The molecule has 0 saturated carbocycles. The average Bonchev–Trinajstić information content (AvgIpc) is 2.70. The predicted octanol–water partition coefficient (Wildman–Crippen LogP) is 1.96. The zero-order valence-corrected chi connectivity index (χ0v) is 18.9. The van der Waals surface area contributed by atoms with Crippen molar-refractivity contribution in [2.45, 2.75) is 26.1 Å². The van der Waals surface area contributed by atoms with Crippen molar-refractivity contribution in [3.8, 4) is 0 Å². The molecule has 9 nitrogen and oxygen atoms in total. The normalized spacial score (nSPS) is 11.6. The molecule has 2 rings (SSSR count). The summed E-state index contributed by atoms with van der Waals surface area (Å²) in [7, 11) is 2.63. The van der Waals surface area contributed by atoms with E-state index < -0.39 is 46.2 Å². The molecule has 0 radical (unpaired) electrons. The average molecular weight is 490 g/mol. The van der Waals surface area contributed by atoms with Gasteiger partial charge in [-0.2, -0.15) is 13.2 Å². The molecule has 1 amide bonds. The molecule has 0 spiro atoms. The first-order chi connectivity index (χ1) is 15.3. The van der Waals surface area contributed by atoms with Gasteiger partial charge in [-0.15, -0.1) is 0 Å². The van der Waals surface area contributed by atoms with Gasteiger partial charge in [0.2, 0.25) is 5.91 Å². The van der Waals surface area contributed by atoms with Crippen molar-refractivity contribution in [2.75, 3.05) is 31.2 Å². The highest BCUT2D eigenvalue weighted by atomic mass is 35.5. The maximum Gasteiger partial charge on any atom is 0.417 e. The van der Waals surface area contributed by atoms with E-state index in [9.17, 15) is 32.3 Å². The highest BCUT2D eigenvalue weighted by molar-refractivity contribution is 6.31. The maximum atomic E-state index is 13.0. The lowest BCUT2D eigenvalue weighted by molar-refractivity contribution is -0.137. The molecule has 0 saturated heterocycles. The Bertz CT molecular complexity index is 1190. The summed E-state index contributed by atoms with van der Waals surface area (Å²) < 4.78 is 40.8. The Morgan fingerprint density at radius 3 is 2.42 bits per heavy atom. The number of aromatic nitrogens is 2. The van der Waals surface area contributed by atoms with E-state index >= 15 is 0 Å². The zero-order chi connectivity index (χ0) is 25.1. The Morgan fingerprint density at radius 2 is 1.85 bits per heavy atom. The van der Waals surface area contributed by atoms with Gasteiger partial charge in [0.15, 0.2) is 5.78 Å². The predicted molar refractivity (Wildman–Crippen MR) is 118 cm³/mol. The Hall–Kier alpha value is -3.12. The summed E-state index contributed by atoms with van der Waals surface area (Å²) in [6, 6.07) is 2.92. The minimum atomic E-state index is -4.69. The fourth-order valence-corrected chi connectivity index (χ4v) is 3.36. The van der Waals surface area contributed by atoms with Crippen LogP contribution in [0, 0.1) is 0 Å². The first-order valence-electron chi connectivity index (χ1n) is 9.75. The zero-order valence-electron chi connectivity index (χ0n) is 18.1. The summed E-state index contributed by atoms with van der Waals surface area (Å²) in [4.78, 5) is 50.9. The molecule has 0 unspecified atom stereocenters. The lowest BCUT2D eigenvalue weighted by Gasteiger charge is -2.18. The van der Waals surface area contributed by atoms with Crippen LogP contribution in [-0.2, 0) is 24.6 Å². The van der Waals surface area contributed by atoms with Crippen molar-refractivity contribution in [2.24, 2.45) is 7.05 Å². The van der Waals surface area contributed by atoms with Gasteiger partial charge in [0, 0.05) is 19.3 Å². The summed E-state index contributed by atoms with van der Waals surface area (Å²) in [5, 5.41) is 1.80. The van der Waals surface area contributed by atoms with Gasteiger partial charge in [0.1, 0.15) is 11.4 Å². The third kappa shape index (κ3) is 6.02. The van der Waals surface area contributed by atoms with Crippen LogP contribution in [0.5, 0.6) is 0 Å². The molecule has 180 valence electrons. The number of hydrogen-bond donors (Lipinski definition) is 2. The molecule has 3 N–H and O–H groups in total. The molecule has 0 aliphatic rings. The molecule has 0 aliphatic heterocycles. The van der Waals surface area contributed by atoms with Gasteiger partial charge >= 0.3 is 11.9 Å². The Balaban J connectivity index is 2.15. The van der Waals surface area contributed by atoms with Crippen molar-refractivity contribution in [3.05, 3.63) is 55.2 Å². The number of halogens is 4. The molecule has 0 bridgehead atoms. The fraction of sp³-hybridized carbons (Fsp3) is 0.400. The third-order valence-electron chi connectivity index (χ3n) is 4.69. The Labute approximate surface area is 191 Å². The molecule has 13 heteroatoms. The number of carbonyl (C=O) groups is 2. The Kier molecular flexibility index (Phi) is 8.09. The lowest BCUT2D eigenvalue weighted by atomic mass is 10.1. The van der Waals surface area contributed by atoms with Crippen LogP contribution in [0.2, 0.25) is 5.02 Å². The second-order valence-corrected chi connectivity index (χ2v) is 7.80. The van der Waals surface area contributed by atoms with E-state index in [1.165, 1.54) is 25.1 Å². The second-order valence-electron chi connectivity index (χ2n) is 7.39. The lowest BCUT2D eigenvalue weighted by Crippen LogP contribution is -2.44. The molecule has 0 aliphatic carbocycles. The number of nitrogen functional groups attached to an aromatic ring is 1. The molecule has 1 aromatic heterocycles. The van der Waals surface area contributed by atoms with Gasteiger partial charge in [0.25, 0.3) is 5.56 Å². The van der Waals surface area contributed by atoms with E-state index in [4.69, 9.17) is 17.3 Å². The molecular weight excluding hydrogens is 467 g/mol. The summed E-state index contributed by atoms with van der Waals surface area (Å²) in [6.45, 7) is 1.23. The number of rotatable bonds is 8. The highest BCUT2D eigenvalue weighted by Gasteiger charge is 2.33. The second kappa shape index (κ2) is 10.2. The monoisotopic (exact) mass is 489 g/mol. The number of carbonyl (C=O) groups excluding carboxylic acids is 2. The first-order valence-corrected chi connectivity index (χ1v) is 10.1. The minimum Gasteiger partial charge on any atom is -0.384 e. The minimum absolute atomic E-state index is 0.124. The van der Waals surface area contributed by atoms with Crippen molar-refractivity contribution in [1.29, 1.82) is 0 Å². The quantitative estimate of drug-likeness (QED) is 0.547. The summed E-state index contributed by atoms with van der Waals surface area (Å²) in [5.74, 6) is -1.66. The standard InChI is InChI=1S/C20H23ClF3N5O4/c1-4-7-29-17(25)16(18(32)28(3)19(29)33)14(30)9-27(2)10-15(31)26-11-5-6-13(21)12(8-11)20(22,23)24/h5-6,8H,4,7,9-10,25H2,1-3H3,(H,26,31).